The van der Waals surface area contributed by atoms with Crippen molar-refractivity contribution in [2.24, 2.45) is 0 Å². The minimum Gasteiger partial charge on any atom is -0.323 e. The normalized spacial score (nSPS) is 14.9. The largest absolute Gasteiger partial charge is 0.323 e. The molecule has 0 radical (unpaired) electrons. The first-order valence-corrected chi connectivity index (χ1v) is 9.63. The molecule has 0 aromatic heterocycles. The van der Waals surface area contributed by atoms with Crippen LogP contribution in [0.3, 0.4) is 0 Å². The molecule has 0 spiro atoms. The lowest BCUT2D eigenvalue weighted by Gasteiger charge is -2.26. The first kappa shape index (κ1) is 20.0. The van der Waals surface area contributed by atoms with Gasteiger partial charge in [-0.2, -0.15) is 0 Å². The third kappa shape index (κ3) is 5.65. The van der Waals surface area contributed by atoms with Crippen LogP contribution in [-0.2, 0) is 11.3 Å². The van der Waals surface area contributed by atoms with Crippen LogP contribution < -0.4 is 5.32 Å². The summed E-state index contributed by atoms with van der Waals surface area (Å²) < 4.78 is 0. The number of piperidine rings is 1. The number of carbonyl (C=O) groups is 1. The summed E-state index contributed by atoms with van der Waals surface area (Å²) in [6, 6.07) is 12.2. The fraction of sp³-hybridized carbons (Fsp3) is 0.286. The van der Waals surface area contributed by atoms with Crippen LogP contribution in [0.1, 0.15) is 30.4 Å². The highest BCUT2D eigenvalue weighted by Crippen LogP contribution is 2.25. The van der Waals surface area contributed by atoms with Crippen LogP contribution in [0, 0.1) is 10.1 Å². The number of amides is 1. The zero-order valence-electron chi connectivity index (χ0n) is 15.4. The molecule has 0 aliphatic carbocycles. The smallest absolute Gasteiger partial charge is 0.288 e. The number of halogens is 1. The third-order valence-electron chi connectivity index (χ3n) is 4.67. The SMILES string of the molecule is O=C(C=Cc1ccc(Cl)c([N+](=O)[O-])c1)Nc1ccc(CN2CCCCC2)cc1. The molecule has 0 bridgehead atoms. The van der Waals surface area contributed by atoms with Crippen molar-refractivity contribution < 1.29 is 9.72 Å². The Kier molecular flexibility index (Phi) is 6.79. The molecule has 146 valence electrons. The Morgan fingerprint density at radius 3 is 2.54 bits per heavy atom. The maximum atomic E-state index is 12.1. The maximum Gasteiger partial charge on any atom is 0.288 e. The lowest BCUT2D eigenvalue weighted by atomic mass is 10.1. The van der Waals surface area contributed by atoms with E-state index < -0.39 is 4.92 Å². The molecule has 0 atom stereocenters. The van der Waals surface area contributed by atoms with Crippen molar-refractivity contribution in [2.45, 2.75) is 25.8 Å². The third-order valence-corrected chi connectivity index (χ3v) is 4.99. The van der Waals surface area contributed by atoms with Gasteiger partial charge in [0.1, 0.15) is 5.02 Å². The van der Waals surface area contributed by atoms with Gasteiger partial charge in [-0.1, -0.05) is 36.2 Å². The molecule has 1 amide bonds. The summed E-state index contributed by atoms with van der Waals surface area (Å²) in [6.45, 7) is 3.22. The molecule has 0 saturated carbocycles. The molecule has 7 heteroatoms. The Hall–Kier alpha value is -2.70. The highest BCUT2D eigenvalue weighted by molar-refractivity contribution is 6.32. The molecule has 0 unspecified atom stereocenters. The van der Waals surface area contributed by atoms with E-state index in [9.17, 15) is 14.9 Å². The van der Waals surface area contributed by atoms with E-state index in [4.69, 9.17) is 11.6 Å². The first-order valence-electron chi connectivity index (χ1n) is 9.25. The predicted molar refractivity (Wildman–Crippen MR) is 111 cm³/mol. The van der Waals surface area contributed by atoms with Crippen molar-refractivity contribution >= 4 is 35.0 Å². The highest BCUT2D eigenvalue weighted by Gasteiger charge is 2.12. The first-order chi connectivity index (χ1) is 13.5. The fourth-order valence-electron chi connectivity index (χ4n) is 3.20. The molecule has 1 fully saturated rings. The number of anilines is 1. The number of nitro benzene ring substituents is 1. The maximum absolute atomic E-state index is 12.1. The van der Waals surface area contributed by atoms with Gasteiger partial charge in [-0.15, -0.1) is 0 Å². The van der Waals surface area contributed by atoms with Crippen LogP contribution in [0.2, 0.25) is 5.02 Å². The predicted octanol–water partition coefficient (Wildman–Crippen LogP) is 4.89. The van der Waals surface area contributed by atoms with Gasteiger partial charge in [-0.05, 0) is 61.3 Å². The van der Waals surface area contributed by atoms with E-state index >= 15 is 0 Å². The van der Waals surface area contributed by atoms with Crippen LogP contribution in [0.15, 0.2) is 48.5 Å². The standard InChI is InChI=1S/C21H22ClN3O3/c22-19-10-6-16(14-20(19)25(27)28)7-11-21(26)23-18-8-4-17(5-9-18)15-24-12-2-1-3-13-24/h4-11,14H,1-3,12-13,15H2,(H,23,26). The topological polar surface area (TPSA) is 75.5 Å². The molecule has 1 aliphatic rings. The number of nitrogens with zero attached hydrogens (tertiary/aromatic N) is 2. The van der Waals surface area contributed by atoms with Gasteiger partial charge in [-0.25, -0.2) is 0 Å². The van der Waals surface area contributed by atoms with E-state index in [1.165, 1.54) is 49.1 Å². The van der Waals surface area contributed by atoms with E-state index in [1.54, 1.807) is 6.07 Å². The summed E-state index contributed by atoms with van der Waals surface area (Å²) in [7, 11) is 0. The van der Waals surface area contributed by atoms with Gasteiger partial charge < -0.3 is 5.32 Å². The minimum atomic E-state index is -0.550. The highest BCUT2D eigenvalue weighted by atomic mass is 35.5. The second-order valence-electron chi connectivity index (χ2n) is 6.82. The average Bonchev–Trinajstić information content (AvgIpc) is 2.69. The summed E-state index contributed by atoms with van der Waals surface area (Å²) in [4.78, 5) is 24.9. The van der Waals surface area contributed by atoms with Gasteiger partial charge in [0.05, 0.1) is 4.92 Å². The molecule has 1 aliphatic heterocycles. The van der Waals surface area contributed by atoms with E-state index in [0.29, 0.717) is 11.3 Å². The molecule has 2 aromatic rings. The van der Waals surface area contributed by atoms with Crippen LogP contribution in [0.5, 0.6) is 0 Å². The fourth-order valence-corrected chi connectivity index (χ4v) is 3.38. The molecule has 28 heavy (non-hydrogen) atoms. The van der Waals surface area contributed by atoms with Gasteiger partial charge in [0.25, 0.3) is 5.69 Å². The number of nitro groups is 1. The summed E-state index contributed by atoms with van der Waals surface area (Å²) in [5.41, 5.74) is 2.28. The van der Waals surface area contributed by atoms with Gasteiger partial charge in [0.2, 0.25) is 5.91 Å². The number of benzene rings is 2. The zero-order valence-corrected chi connectivity index (χ0v) is 16.2. The van der Waals surface area contributed by atoms with Crippen molar-refractivity contribution in [1.82, 2.24) is 4.90 Å². The molecule has 1 saturated heterocycles. The van der Waals surface area contributed by atoms with E-state index in [2.05, 4.69) is 10.2 Å². The number of hydrogen-bond donors (Lipinski definition) is 1. The van der Waals surface area contributed by atoms with E-state index in [0.717, 1.165) is 19.6 Å². The number of rotatable bonds is 6. The number of nitrogens with one attached hydrogen (secondary N) is 1. The molecule has 6 nitrogen and oxygen atoms in total. The van der Waals surface area contributed by atoms with Gasteiger partial charge in [0.15, 0.2) is 0 Å². The minimum absolute atomic E-state index is 0.0660. The Morgan fingerprint density at radius 1 is 1.14 bits per heavy atom. The Labute approximate surface area is 169 Å². The molecular weight excluding hydrogens is 378 g/mol. The number of carbonyl (C=O) groups excluding carboxylic acids is 1. The van der Waals surface area contributed by atoms with E-state index in [-0.39, 0.29) is 16.6 Å². The summed E-state index contributed by atoms with van der Waals surface area (Å²) in [5, 5.41) is 13.8. The summed E-state index contributed by atoms with van der Waals surface area (Å²) in [6.07, 6.45) is 6.70. The van der Waals surface area contributed by atoms with Crippen LogP contribution in [0.4, 0.5) is 11.4 Å². The number of hydrogen-bond acceptors (Lipinski definition) is 4. The zero-order chi connectivity index (χ0) is 19.9. The second kappa shape index (κ2) is 9.48. The Morgan fingerprint density at radius 2 is 1.86 bits per heavy atom. The van der Waals surface area contributed by atoms with Gasteiger partial charge in [0, 0.05) is 24.4 Å². The van der Waals surface area contributed by atoms with Crippen molar-refractivity contribution in [2.75, 3.05) is 18.4 Å². The van der Waals surface area contributed by atoms with E-state index in [1.807, 2.05) is 24.3 Å². The second-order valence-corrected chi connectivity index (χ2v) is 7.23. The van der Waals surface area contributed by atoms with Gasteiger partial charge in [-0.3, -0.25) is 19.8 Å². The molecular formula is C21H22ClN3O3. The average molecular weight is 400 g/mol. The molecule has 2 aromatic carbocycles. The Bertz CT molecular complexity index is 875. The molecule has 1 heterocycles. The summed E-state index contributed by atoms with van der Waals surface area (Å²) in [5.74, 6) is -0.304. The molecule has 3 rings (SSSR count). The van der Waals surface area contributed by atoms with Crippen LogP contribution in [-0.4, -0.2) is 28.8 Å². The lowest BCUT2D eigenvalue weighted by molar-refractivity contribution is -0.384. The van der Waals surface area contributed by atoms with Crippen molar-refractivity contribution in [3.8, 4) is 0 Å². The Balaban J connectivity index is 1.56. The summed E-state index contributed by atoms with van der Waals surface area (Å²) >= 11 is 5.79. The lowest BCUT2D eigenvalue weighted by Crippen LogP contribution is -2.29. The van der Waals surface area contributed by atoms with Crippen LogP contribution >= 0.6 is 11.6 Å². The monoisotopic (exact) mass is 399 g/mol. The van der Waals surface area contributed by atoms with Crippen LogP contribution in [0.25, 0.3) is 6.08 Å². The molecule has 1 N–H and O–H groups in total. The number of likely N-dealkylation sites (tertiary alicyclic amines) is 1. The van der Waals surface area contributed by atoms with Crippen molar-refractivity contribution in [1.29, 1.82) is 0 Å². The van der Waals surface area contributed by atoms with Crippen molar-refractivity contribution in [3.05, 3.63) is 74.8 Å². The quantitative estimate of drug-likeness (QED) is 0.426. The van der Waals surface area contributed by atoms with Crippen molar-refractivity contribution in [3.63, 3.8) is 0 Å². The van der Waals surface area contributed by atoms with Gasteiger partial charge >= 0.3 is 0 Å².